The Bertz CT molecular complexity index is 1030. The maximum Gasteiger partial charge on any atom is 0.331 e. The molecule has 0 saturated heterocycles. The Morgan fingerprint density at radius 3 is 2.81 bits per heavy atom. The lowest BCUT2D eigenvalue weighted by Gasteiger charge is -2.07. The smallest absolute Gasteiger partial charge is 0.331 e. The van der Waals surface area contributed by atoms with Gasteiger partial charge in [0.1, 0.15) is 0 Å². The third-order valence-corrected chi connectivity index (χ3v) is 4.27. The highest BCUT2D eigenvalue weighted by atomic mass is 35.5. The summed E-state index contributed by atoms with van der Waals surface area (Å²) in [5.74, 6) is -1.05. The monoisotopic (exact) mass is 380 g/mol. The SMILES string of the molecule is Cc1ccc(NC(=O)COC(=O)/C=C/c2cccc3cccnc23)cc1Cl. The minimum absolute atomic E-state index is 0.386. The molecule has 1 heterocycles. The quantitative estimate of drug-likeness (QED) is 0.526. The summed E-state index contributed by atoms with van der Waals surface area (Å²) in [6.07, 6.45) is 4.59. The lowest BCUT2D eigenvalue weighted by Crippen LogP contribution is -2.20. The Morgan fingerprint density at radius 2 is 2.00 bits per heavy atom. The highest BCUT2D eigenvalue weighted by molar-refractivity contribution is 6.31. The number of anilines is 1. The Balaban J connectivity index is 1.56. The van der Waals surface area contributed by atoms with Crippen LogP contribution in [0.25, 0.3) is 17.0 Å². The Kier molecular flexibility index (Phi) is 5.84. The number of aryl methyl sites for hydroxylation is 1. The lowest BCUT2D eigenvalue weighted by atomic mass is 10.1. The Hall–Kier alpha value is -3.18. The number of carbonyl (C=O) groups is 2. The summed E-state index contributed by atoms with van der Waals surface area (Å²) in [4.78, 5) is 28.1. The number of amides is 1. The molecule has 27 heavy (non-hydrogen) atoms. The fourth-order valence-corrected chi connectivity index (χ4v) is 2.65. The minimum Gasteiger partial charge on any atom is -0.452 e. The third-order valence-electron chi connectivity index (χ3n) is 3.86. The number of para-hydroxylation sites is 1. The number of fused-ring (bicyclic) bond motifs is 1. The van der Waals surface area contributed by atoms with Gasteiger partial charge in [-0.2, -0.15) is 0 Å². The number of esters is 1. The molecule has 0 saturated carbocycles. The van der Waals surface area contributed by atoms with Crippen LogP contribution < -0.4 is 5.32 Å². The number of benzene rings is 2. The van der Waals surface area contributed by atoms with Crippen LogP contribution in [-0.4, -0.2) is 23.5 Å². The van der Waals surface area contributed by atoms with Crippen molar-refractivity contribution in [3.63, 3.8) is 0 Å². The Labute approximate surface area is 161 Å². The van der Waals surface area contributed by atoms with Gasteiger partial charge in [-0.1, -0.05) is 41.9 Å². The number of hydrogen-bond acceptors (Lipinski definition) is 4. The molecule has 1 aromatic heterocycles. The molecule has 1 N–H and O–H groups in total. The maximum atomic E-state index is 11.9. The van der Waals surface area contributed by atoms with Crippen molar-refractivity contribution in [1.82, 2.24) is 4.98 Å². The first-order chi connectivity index (χ1) is 13.0. The number of pyridine rings is 1. The van der Waals surface area contributed by atoms with Gasteiger partial charge in [0.25, 0.3) is 5.91 Å². The number of hydrogen-bond donors (Lipinski definition) is 1. The highest BCUT2D eigenvalue weighted by Gasteiger charge is 2.07. The van der Waals surface area contributed by atoms with E-state index in [4.69, 9.17) is 16.3 Å². The van der Waals surface area contributed by atoms with E-state index in [9.17, 15) is 9.59 Å². The fourth-order valence-electron chi connectivity index (χ4n) is 2.47. The molecule has 3 aromatic rings. The molecule has 0 atom stereocenters. The molecule has 2 aromatic carbocycles. The van der Waals surface area contributed by atoms with E-state index in [1.54, 1.807) is 30.5 Å². The molecular formula is C21H17ClN2O3. The van der Waals surface area contributed by atoms with Gasteiger partial charge >= 0.3 is 5.97 Å². The summed E-state index contributed by atoms with van der Waals surface area (Å²) in [6, 6.07) is 14.6. The normalized spacial score (nSPS) is 10.9. The summed E-state index contributed by atoms with van der Waals surface area (Å²) in [5, 5.41) is 4.16. The van der Waals surface area contributed by atoms with Gasteiger partial charge in [-0.05, 0) is 36.8 Å². The highest BCUT2D eigenvalue weighted by Crippen LogP contribution is 2.20. The predicted molar refractivity (Wildman–Crippen MR) is 107 cm³/mol. The van der Waals surface area contributed by atoms with Gasteiger partial charge in [0.05, 0.1) is 5.52 Å². The van der Waals surface area contributed by atoms with Gasteiger partial charge in [-0.25, -0.2) is 4.79 Å². The number of nitrogens with one attached hydrogen (secondary N) is 1. The van der Waals surface area contributed by atoms with E-state index in [-0.39, 0.29) is 6.61 Å². The van der Waals surface area contributed by atoms with E-state index in [2.05, 4.69) is 10.3 Å². The first-order valence-corrected chi connectivity index (χ1v) is 8.65. The van der Waals surface area contributed by atoms with E-state index in [1.165, 1.54) is 6.08 Å². The van der Waals surface area contributed by atoms with Gasteiger partial charge in [0.2, 0.25) is 0 Å². The zero-order valence-corrected chi connectivity index (χ0v) is 15.4. The fraction of sp³-hybridized carbons (Fsp3) is 0.0952. The van der Waals surface area contributed by atoms with E-state index in [0.29, 0.717) is 10.7 Å². The van der Waals surface area contributed by atoms with Crippen molar-refractivity contribution in [3.8, 4) is 0 Å². The summed E-state index contributed by atoms with van der Waals surface area (Å²) in [6.45, 7) is 1.48. The Morgan fingerprint density at radius 1 is 1.19 bits per heavy atom. The maximum absolute atomic E-state index is 11.9. The van der Waals surface area contributed by atoms with Crippen LogP contribution in [-0.2, 0) is 14.3 Å². The van der Waals surface area contributed by atoms with Crippen LogP contribution in [0.1, 0.15) is 11.1 Å². The van der Waals surface area contributed by atoms with Crippen molar-refractivity contribution in [2.75, 3.05) is 11.9 Å². The summed E-state index contributed by atoms with van der Waals surface area (Å²) < 4.78 is 4.97. The third kappa shape index (κ3) is 4.92. The number of aromatic nitrogens is 1. The molecule has 136 valence electrons. The van der Waals surface area contributed by atoms with Gasteiger partial charge in [0.15, 0.2) is 6.61 Å². The van der Waals surface area contributed by atoms with Crippen molar-refractivity contribution in [2.24, 2.45) is 0 Å². The minimum atomic E-state index is -0.611. The van der Waals surface area contributed by atoms with Crippen LogP contribution in [0.5, 0.6) is 0 Å². The van der Waals surface area contributed by atoms with Crippen LogP contribution in [0, 0.1) is 6.92 Å². The van der Waals surface area contributed by atoms with Crippen LogP contribution in [0.3, 0.4) is 0 Å². The summed E-state index contributed by atoms with van der Waals surface area (Å²) >= 11 is 6.01. The molecule has 0 aliphatic carbocycles. The lowest BCUT2D eigenvalue weighted by molar-refractivity contribution is -0.142. The van der Waals surface area contributed by atoms with E-state index < -0.39 is 11.9 Å². The van der Waals surface area contributed by atoms with Gasteiger partial charge in [-0.3, -0.25) is 9.78 Å². The molecule has 3 rings (SSSR count). The van der Waals surface area contributed by atoms with Gasteiger partial charge < -0.3 is 10.1 Å². The first kappa shape index (κ1) is 18.6. The molecule has 0 fully saturated rings. The zero-order chi connectivity index (χ0) is 19.2. The molecule has 0 aliphatic rings. The van der Waals surface area contributed by atoms with Gasteiger partial charge in [-0.15, -0.1) is 0 Å². The molecule has 1 amide bonds. The van der Waals surface area contributed by atoms with Crippen LogP contribution in [0.2, 0.25) is 5.02 Å². The molecule has 0 spiro atoms. The predicted octanol–water partition coefficient (Wildman–Crippen LogP) is 4.39. The van der Waals surface area contributed by atoms with Crippen molar-refractivity contribution in [3.05, 3.63) is 77.0 Å². The second kappa shape index (κ2) is 8.47. The second-order valence-electron chi connectivity index (χ2n) is 5.88. The molecule has 0 unspecified atom stereocenters. The molecule has 6 heteroatoms. The number of ether oxygens (including phenoxy) is 1. The average molecular weight is 381 g/mol. The molecule has 0 bridgehead atoms. The van der Waals surface area contributed by atoms with Crippen LogP contribution in [0.15, 0.2) is 60.8 Å². The summed E-state index contributed by atoms with van der Waals surface area (Å²) in [7, 11) is 0. The number of nitrogens with zero attached hydrogens (tertiary/aromatic N) is 1. The second-order valence-corrected chi connectivity index (χ2v) is 6.28. The van der Waals surface area contributed by atoms with E-state index in [0.717, 1.165) is 22.0 Å². The molecule has 0 aliphatic heterocycles. The van der Waals surface area contributed by atoms with Crippen molar-refractivity contribution in [2.45, 2.75) is 6.92 Å². The van der Waals surface area contributed by atoms with Crippen molar-refractivity contribution < 1.29 is 14.3 Å². The average Bonchev–Trinajstić information content (AvgIpc) is 2.67. The number of halogens is 1. The van der Waals surface area contributed by atoms with E-state index in [1.807, 2.05) is 37.3 Å². The first-order valence-electron chi connectivity index (χ1n) is 8.27. The van der Waals surface area contributed by atoms with Gasteiger partial charge in [0, 0.05) is 33.9 Å². The van der Waals surface area contributed by atoms with Crippen LogP contribution in [0.4, 0.5) is 5.69 Å². The molecular weight excluding hydrogens is 364 g/mol. The topological polar surface area (TPSA) is 68.3 Å². The van der Waals surface area contributed by atoms with Crippen molar-refractivity contribution in [1.29, 1.82) is 0 Å². The molecule has 5 nitrogen and oxygen atoms in total. The number of carbonyl (C=O) groups excluding carboxylic acids is 2. The summed E-state index contributed by atoms with van der Waals surface area (Å²) in [5.41, 5.74) is 3.04. The molecule has 0 radical (unpaired) electrons. The number of rotatable bonds is 5. The standard InChI is InChI=1S/C21H17ClN2O3/c1-14-7-9-17(12-18(14)22)24-19(25)13-27-20(26)10-8-16-5-2-4-15-6-3-11-23-21(15)16/h2-12H,13H2,1H3,(H,24,25)/b10-8+. The zero-order valence-electron chi connectivity index (χ0n) is 14.6. The van der Waals surface area contributed by atoms with Crippen LogP contribution >= 0.6 is 11.6 Å². The largest absolute Gasteiger partial charge is 0.452 e. The van der Waals surface area contributed by atoms with Crippen molar-refractivity contribution >= 4 is 46.1 Å². The van der Waals surface area contributed by atoms with E-state index >= 15 is 0 Å².